The molecular weight excluding hydrogens is 276 g/mol. The molecule has 2 atom stereocenters. The van der Waals surface area contributed by atoms with Crippen molar-refractivity contribution in [3.05, 3.63) is 17.5 Å². The lowest BCUT2D eigenvalue weighted by Crippen LogP contribution is -2.44. The molecule has 114 valence electrons. The number of nitrogens with zero attached hydrogens (tertiary/aromatic N) is 2. The van der Waals surface area contributed by atoms with Gasteiger partial charge in [-0.2, -0.15) is 5.10 Å². The Balaban J connectivity index is 0.00000200. The minimum atomic E-state index is -0.00435. The van der Waals surface area contributed by atoms with Crippen LogP contribution >= 0.6 is 12.4 Å². The number of carbonyl (C=O) groups is 1. The molecule has 1 saturated carbocycles. The lowest BCUT2D eigenvalue weighted by Gasteiger charge is -2.31. The number of nitrogens with two attached hydrogens (primary N) is 1. The van der Waals surface area contributed by atoms with Gasteiger partial charge in [0.1, 0.15) is 0 Å². The third-order valence-corrected chi connectivity index (χ3v) is 4.01. The zero-order chi connectivity index (χ0) is 13.8. The van der Waals surface area contributed by atoms with Crippen molar-refractivity contribution in [3.63, 3.8) is 0 Å². The highest BCUT2D eigenvalue weighted by molar-refractivity contribution is 5.95. The molecule has 0 bridgehead atoms. The fraction of sp³-hybridized carbons (Fsp3) is 0.714. The van der Waals surface area contributed by atoms with Gasteiger partial charge in [0.15, 0.2) is 0 Å². The second kappa shape index (κ2) is 7.64. The molecule has 3 N–H and O–H groups in total. The number of aromatic nitrogens is 2. The van der Waals surface area contributed by atoms with Crippen molar-refractivity contribution in [2.45, 2.75) is 45.1 Å². The molecule has 0 aromatic carbocycles. The van der Waals surface area contributed by atoms with Gasteiger partial charge in [-0.3, -0.25) is 9.48 Å². The third kappa shape index (κ3) is 3.73. The monoisotopic (exact) mass is 300 g/mol. The topological polar surface area (TPSA) is 72.9 Å². The quantitative estimate of drug-likeness (QED) is 0.888. The van der Waals surface area contributed by atoms with Crippen LogP contribution in [0, 0.1) is 5.92 Å². The molecular formula is C14H25ClN4O. The summed E-state index contributed by atoms with van der Waals surface area (Å²) in [4.78, 5) is 12.4. The van der Waals surface area contributed by atoms with Gasteiger partial charge in [0, 0.05) is 19.3 Å². The molecule has 1 amide bonds. The first kappa shape index (κ1) is 17.0. The van der Waals surface area contributed by atoms with Gasteiger partial charge in [-0.25, -0.2) is 0 Å². The number of aryl methyl sites for hydroxylation is 2. The van der Waals surface area contributed by atoms with Crippen LogP contribution < -0.4 is 11.1 Å². The number of halogens is 1. The summed E-state index contributed by atoms with van der Waals surface area (Å²) in [7, 11) is 1.85. The van der Waals surface area contributed by atoms with Crippen molar-refractivity contribution in [3.8, 4) is 0 Å². The average Bonchev–Trinajstić information content (AvgIpc) is 2.80. The second-order valence-corrected chi connectivity index (χ2v) is 5.38. The number of hydrogen-bond donors (Lipinski definition) is 2. The Kier molecular flexibility index (Phi) is 6.49. The van der Waals surface area contributed by atoms with Crippen LogP contribution in [-0.2, 0) is 13.5 Å². The summed E-state index contributed by atoms with van der Waals surface area (Å²) in [5, 5.41) is 7.47. The van der Waals surface area contributed by atoms with E-state index in [0.29, 0.717) is 18.0 Å². The minimum absolute atomic E-state index is 0. The van der Waals surface area contributed by atoms with E-state index in [1.54, 1.807) is 10.9 Å². The number of hydrogen-bond acceptors (Lipinski definition) is 3. The summed E-state index contributed by atoms with van der Waals surface area (Å²) in [5.74, 6) is 0.412. The maximum Gasteiger partial charge on any atom is 0.254 e. The van der Waals surface area contributed by atoms with Crippen LogP contribution in [0.15, 0.2) is 6.20 Å². The first-order chi connectivity index (χ1) is 9.15. The standard InChI is InChI=1S/C14H24N4O.ClH/c1-3-12-11(9-18(2)17-12)14(19)16-13-7-5-4-6-10(13)8-15;/h9-10,13H,3-8,15H2,1-2H3,(H,16,19);1H. The summed E-state index contributed by atoms with van der Waals surface area (Å²) in [6.45, 7) is 2.67. The van der Waals surface area contributed by atoms with E-state index >= 15 is 0 Å². The van der Waals surface area contributed by atoms with Crippen LogP contribution in [0.3, 0.4) is 0 Å². The van der Waals surface area contributed by atoms with Crippen molar-refractivity contribution in [2.75, 3.05) is 6.54 Å². The van der Waals surface area contributed by atoms with E-state index in [0.717, 1.165) is 25.0 Å². The van der Waals surface area contributed by atoms with Crippen molar-refractivity contribution in [1.29, 1.82) is 0 Å². The molecule has 0 radical (unpaired) electrons. The summed E-state index contributed by atoms with van der Waals surface area (Å²) in [6.07, 6.45) is 7.13. The molecule has 1 aliphatic carbocycles. The van der Waals surface area contributed by atoms with Gasteiger partial charge in [0.05, 0.1) is 11.3 Å². The highest BCUT2D eigenvalue weighted by atomic mass is 35.5. The van der Waals surface area contributed by atoms with E-state index in [-0.39, 0.29) is 24.4 Å². The van der Waals surface area contributed by atoms with E-state index in [9.17, 15) is 4.79 Å². The maximum absolute atomic E-state index is 12.4. The maximum atomic E-state index is 12.4. The van der Waals surface area contributed by atoms with Gasteiger partial charge in [-0.05, 0) is 31.7 Å². The first-order valence-corrected chi connectivity index (χ1v) is 7.19. The van der Waals surface area contributed by atoms with Crippen LogP contribution in [0.5, 0.6) is 0 Å². The van der Waals surface area contributed by atoms with E-state index < -0.39 is 0 Å². The average molecular weight is 301 g/mol. The Bertz CT molecular complexity index is 446. The Hall–Kier alpha value is -1.07. The largest absolute Gasteiger partial charge is 0.349 e. The second-order valence-electron chi connectivity index (χ2n) is 5.38. The lowest BCUT2D eigenvalue weighted by atomic mass is 9.84. The molecule has 0 saturated heterocycles. The minimum Gasteiger partial charge on any atom is -0.349 e. The summed E-state index contributed by atoms with van der Waals surface area (Å²) in [5.41, 5.74) is 7.36. The molecule has 1 heterocycles. The zero-order valence-corrected chi connectivity index (χ0v) is 13.1. The van der Waals surface area contributed by atoms with E-state index in [4.69, 9.17) is 5.73 Å². The number of nitrogens with one attached hydrogen (secondary N) is 1. The fourth-order valence-corrected chi connectivity index (χ4v) is 2.91. The van der Waals surface area contributed by atoms with Gasteiger partial charge in [0.25, 0.3) is 5.91 Å². The first-order valence-electron chi connectivity index (χ1n) is 7.19. The fourth-order valence-electron chi connectivity index (χ4n) is 2.91. The van der Waals surface area contributed by atoms with Crippen LogP contribution in [0.25, 0.3) is 0 Å². The summed E-state index contributed by atoms with van der Waals surface area (Å²) in [6, 6.07) is 0.219. The third-order valence-electron chi connectivity index (χ3n) is 4.01. The van der Waals surface area contributed by atoms with Crippen LogP contribution in [0.4, 0.5) is 0 Å². The van der Waals surface area contributed by atoms with Gasteiger partial charge >= 0.3 is 0 Å². The number of carbonyl (C=O) groups excluding carboxylic acids is 1. The Morgan fingerprint density at radius 2 is 2.20 bits per heavy atom. The number of amides is 1. The Morgan fingerprint density at radius 3 is 2.85 bits per heavy atom. The molecule has 0 spiro atoms. The van der Waals surface area contributed by atoms with E-state index in [2.05, 4.69) is 10.4 Å². The zero-order valence-electron chi connectivity index (χ0n) is 12.3. The predicted octanol–water partition coefficient (Wildman–Crippen LogP) is 1.65. The van der Waals surface area contributed by atoms with Crippen molar-refractivity contribution >= 4 is 18.3 Å². The number of rotatable bonds is 4. The lowest BCUT2D eigenvalue weighted by molar-refractivity contribution is 0.0907. The van der Waals surface area contributed by atoms with Crippen LogP contribution in [0.2, 0.25) is 0 Å². The molecule has 2 unspecified atom stereocenters. The SMILES string of the molecule is CCc1nn(C)cc1C(=O)NC1CCCCC1CN.Cl. The van der Waals surface area contributed by atoms with Gasteiger partial charge in [-0.15, -0.1) is 12.4 Å². The normalized spacial score (nSPS) is 22.1. The molecule has 20 heavy (non-hydrogen) atoms. The van der Waals surface area contributed by atoms with Gasteiger partial charge in [-0.1, -0.05) is 19.8 Å². The van der Waals surface area contributed by atoms with Gasteiger partial charge < -0.3 is 11.1 Å². The molecule has 5 nitrogen and oxygen atoms in total. The smallest absolute Gasteiger partial charge is 0.254 e. The van der Waals surface area contributed by atoms with Gasteiger partial charge in [0.2, 0.25) is 0 Å². The highest BCUT2D eigenvalue weighted by Gasteiger charge is 2.26. The molecule has 1 aromatic heterocycles. The predicted molar refractivity (Wildman–Crippen MR) is 82.1 cm³/mol. The summed E-state index contributed by atoms with van der Waals surface area (Å²) < 4.78 is 1.70. The molecule has 1 fully saturated rings. The van der Waals surface area contributed by atoms with Crippen LogP contribution in [-0.4, -0.2) is 28.3 Å². The van der Waals surface area contributed by atoms with Crippen molar-refractivity contribution in [1.82, 2.24) is 15.1 Å². The van der Waals surface area contributed by atoms with E-state index in [1.165, 1.54) is 12.8 Å². The molecule has 1 aromatic rings. The summed E-state index contributed by atoms with van der Waals surface area (Å²) >= 11 is 0. The highest BCUT2D eigenvalue weighted by Crippen LogP contribution is 2.24. The van der Waals surface area contributed by atoms with E-state index in [1.807, 2.05) is 14.0 Å². The molecule has 2 rings (SSSR count). The van der Waals surface area contributed by atoms with Crippen molar-refractivity contribution < 1.29 is 4.79 Å². The Labute approximate surface area is 126 Å². The molecule has 6 heteroatoms. The Morgan fingerprint density at radius 1 is 1.50 bits per heavy atom. The molecule has 0 aliphatic heterocycles. The molecule has 1 aliphatic rings. The van der Waals surface area contributed by atoms with Crippen molar-refractivity contribution in [2.24, 2.45) is 18.7 Å². The van der Waals surface area contributed by atoms with Crippen LogP contribution in [0.1, 0.15) is 48.7 Å².